The van der Waals surface area contributed by atoms with Gasteiger partial charge in [-0.15, -0.1) is 0 Å². The van der Waals surface area contributed by atoms with E-state index in [9.17, 15) is 4.39 Å². The lowest BCUT2D eigenvalue weighted by Gasteiger charge is -2.38. The molecule has 14 heavy (non-hydrogen) atoms. The maximum absolute atomic E-state index is 13.9. The van der Waals surface area contributed by atoms with Gasteiger partial charge in [0.25, 0.3) is 0 Å². The number of halogens is 1. The lowest BCUT2D eigenvalue weighted by atomic mass is 9.69. The van der Waals surface area contributed by atoms with Gasteiger partial charge in [0.05, 0.1) is 0 Å². The van der Waals surface area contributed by atoms with Gasteiger partial charge in [0.15, 0.2) is 0 Å². The molecule has 2 bridgehead atoms. The van der Waals surface area contributed by atoms with E-state index in [2.05, 4.69) is 6.92 Å². The zero-order valence-electron chi connectivity index (χ0n) is 10.0. The SMILES string of the molecule is CC.CCC12CCCC(F)(CC1)CC2. The normalized spacial score (nSPS) is 41.1. The second kappa shape index (κ2) is 4.63. The van der Waals surface area contributed by atoms with Crippen LogP contribution in [0.15, 0.2) is 0 Å². The molecule has 0 nitrogen and oxygen atoms in total. The third-order valence-electron chi connectivity index (χ3n) is 4.29. The summed E-state index contributed by atoms with van der Waals surface area (Å²) in [6, 6.07) is 0. The van der Waals surface area contributed by atoms with E-state index in [1.165, 1.54) is 12.8 Å². The van der Waals surface area contributed by atoms with Crippen LogP contribution in [0, 0.1) is 5.41 Å². The zero-order valence-corrected chi connectivity index (χ0v) is 10.0. The molecule has 3 rings (SSSR count). The van der Waals surface area contributed by atoms with E-state index in [-0.39, 0.29) is 0 Å². The summed E-state index contributed by atoms with van der Waals surface area (Å²) in [4.78, 5) is 0. The quantitative estimate of drug-likeness (QED) is 0.566. The smallest absolute Gasteiger partial charge is 0.111 e. The second-order valence-electron chi connectivity index (χ2n) is 4.86. The maximum Gasteiger partial charge on any atom is 0.111 e. The van der Waals surface area contributed by atoms with Crippen molar-refractivity contribution in [2.24, 2.45) is 5.41 Å². The molecule has 3 saturated carbocycles. The lowest BCUT2D eigenvalue weighted by Crippen LogP contribution is -2.31. The van der Waals surface area contributed by atoms with Crippen molar-refractivity contribution in [3.63, 3.8) is 0 Å². The molecule has 0 aromatic carbocycles. The summed E-state index contributed by atoms with van der Waals surface area (Å²) in [5.41, 5.74) is -0.207. The molecular formula is C13H25F. The summed E-state index contributed by atoms with van der Waals surface area (Å²) in [6.07, 6.45) is 8.53. The van der Waals surface area contributed by atoms with Gasteiger partial charge in [0.1, 0.15) is 5.67 Å². The van der Waals surface area contributed by atoms with E-state index in [1.54, 1.807) is 0 Å². The Morgan fingerprint density at radius 1 is 0.929 bits per heavy atom. The fourth-order valence-electron chi connectivity index (χ4n) is 3.04. The molecule has 0 heterocycles. The molecule has 0 saturated heterocycles. The van der Waals surface area contributed by atoms with Crippen molar-refractivity contribution in [2.45, 2.75) is 77.8 Å². The molecule has 0 aromatic heterocycles. The Labute approximate surface area is 88.3 Å². The van der Waals surface area contributed by atoms with Crippen LogP contribution in [0.25, 0.3) is 0 Å². The Morgan fingerprint density at radius 3 is 2.00 bits per heavy atom. The van der Waals surface area contributed by atoms with Crippen LogP contribution in [0.3, 0.4) is 0 Å². The van der Waals surface area contributed by atoms with Gasteiger partial charge >= 0.3 is 0 Å². The standard InChI is InChI=1S/C11H19F.C2H6/c1-2-10-4-3-5-11(12,8-6-10)9-7-10;1-2/h2-9H2,1H3;1-2H3. The fourth-order valence-corrected chi connectivity index (χ4v) is 3.04. The highest BCUT2D eigenvalue weighted by Crippen LogP contribution is 2.52. The first-order valence-corrected chi connectivity index (χ1v) is 6.37. The van der Waals surface area contributed by atoms with Gasteiger partial charge in [-0.1, -0.05) is 27.2 Å². The van der Waals surface area contributed by atoms with Gasteiger partial charge in [-0.3, -0.25) is 0 Å². The van der Waals surface area contributed by atoms with Crippen molar-refractivity contribution < 1.29 is 4.39 Å². The molecule has 0 aromatic rings. The highest BCUT2D eigenvalue weighted by Gasteiger charge is 2.44. The van der Waals surface area contributed by atoms with Crippen molar-refractivity contribution >= 4 is 0 Å². The molecule has 84 valence electrons. The molecule has 3 aliphatic rings. The van der Waals surface area contributed by atoms with Gasteiger partial charge in [0.2, 0.25) is 0 Å². The molecule has 0 atom stereocenters. The molecule has 0 radical (unpaired) electrons. The summed E-state index contributed by atoms with van der Waals surface area (Å²) < 4.78 is 13.9. The number of hydrogen-bond acceptors (Lipinski definition) is 0. The van der Waals surface area contributed by atoms with Crippen LogP contribution in [0.5, 0.6) is 0 Å². The Morgan fingerprint density at radius 2 is 1.50 bits per heavy atom. The third-order valence-corrected chi connectivity index (χ3v) is 4.29. The topological polar surface area (TPSA) is 0 Å². The average Bonchev–Trinajstić information content (AvgIpc) is 2.50. The van der Waals surface area contributed by atoms with Gasteiger partial charge in [0, 0.05) is 0 Å². The van der Waals surface area contributed by atoms with Gasteiger partial charge in [-0.2, -0.15) is 0 Å². The summed E-state index contributed by atoms with van der Waals surface area (Å²) in [5, 5.41) is 0. The zero-order chi connectivity index (χ0) is 10.7. The van der Waals surface area contributed by atoms with Crippen LogP contribution in [0.2, 0.25) is 0 Å². The number of rotatable bonds is 1. The van der Waals surface area contributed by atoms with E-state index < -0.39 is 5.67 Å². The van der Waals surface area contributed by atoms with E-state index in [0.717, 1.165) is 38.5 Å². The Hall–Kier alpha value is -0.0700. The first kappa shape index (κ1) is 12.0. The molecule has 0 spiro atoms. The molecule has 0 N–H and O–H groups in total. The van der Waals surface area contributed by atoms with E-state index in [1.807, 2.05) is 13.8 Å². The molecule has 0 aliphatic heterocycles. The van der Waals surface area contributed by atoms with Gasteiger partial charge < -0.3 is 0 Å². The summed E-state index contributed by atoms with van der Waals surface area (Å²) in [7, 11) is 0. The fraction of sp³-hybridized carbons (Fsp3) is 1.00. The molecule has 1 heteroatoms. The minimum absolute atomic E-state index is 0.548. The van der Waals surface area contributed by atoms with Crippen LogP contribution in [0.4, 0.5) is 4.39 Å². The molecule has 0 unspecified atom stereocenters. The van der Waals surface area contributed by atoms with Crippen LogP contribution in [-0.2, 0) is 0 Å². The monoisotopic (exact) mass is 200 g/mol. The molecular weight excluding hydrogens is 175 g/mol. The van der Waals surface area contributed by atoms with E-state index in [0.29, 0.717) is 5.41 Å². The minimum Gasteiger partial charge on any atom is -0.244 e. The average molecular weight is 200 g/mol. The highest BCUT2D eigenvalue weighted by atomic mass is 19.1. The van der Waals surface area contributed by atoms with Crippen LogP contribution >= 0.6 is 0 Å². The highest BCUT2D eigenvalue weighted by molar-refractivity contribution is 4.96. The first-order valence-electron chi connectivity index (χ1n) is 6.37. The third kappa shape index (κ3) is 2.29. The lowest BCUT2D eigenvalue weighted by molar-refractivity contribution is 0.0587. The first-order chi connectivity index (χ1) is 6.68. The summed E-state index contributed by atoms with van der Waals surface area (Å²) in [5.74, 6) is 0. The van der Waals surface area contributed by atoms with E-state index >= 15 is 0 Å². The largest absolute Gasteiger partial charge is 0.244 e. The van der Waals surface area contributed by atoms with Gasteiger partial charge in [-0.25, -0.2) is 4.39 Å². The van der Waals surface area contributed by atoms with Crippen LogP contribution in [0.1, 0.15) is 72.1 Å². The Kier molecular flexibility index (Phi) is 3.97. The van der Waals surface area contributed by atoms with E-state index in [4.69, 9.17) is 0 Å². The molecule has 3 fully saturated rings. The van der Waals surface area contributed by atoms with Crippen molar-refractivity contribution in [1.29, 1.82) is 0 Å². The Balaban J connectivity index is 0.000000461. The Bertz CT molecular complexity index is 166. The number of hydrogen-bond donors (Lipinski definition) is 0. The van der Waals surface area contributed by atoms with Crippen molar-refractivity contribution in [3.05, 3.63) is 0 Å². The summed E-state index contributed by atoms with van der Waals surface area (Å²) in [6.45, 7) is 6.27. The second-order valence-corrected chi connectivity index (χ2v) is 4.86. The predicted octanol–water partition coefficient (Wildman–Crippen LogP) is 4.88. The maximum atomic E-state index is 13.9. The predicted molar refractivity (Wildman–Crippen MR) is 60.2 cm³/mol. The number of fused-ring (bicyclic) bond motifs is 4. The van der Waals surface area contributed by atoms with Crippen LogP contribution in [-0.4, -0.2) is 5.67 Å². The minimum atomic E-state index is -0.755. The summed E-state index contributed by atoms with van der Waals surface area (Å²) >= 11 is 0. The van der Waals surface area contributed by atoms with Crippen molar-refractivity contribution in [2.75, 3.05) is 0 Å². The van der Waals surface area contributed by atoms with Gasteiger partial charge in [-0.05, 0) is 50.4 Å². The van der Waals surface area contributed by atoms with Crippen molar-refractivity contribution in [1.82, 2.24) is 0 Å². The van der Waals surface area contributed by atoms with Crippen molar-refractivity contribution in [3.8, 4) is 0 Å². The van der Waals surface area contributed by atoms with Crippen LogP contribution < -0.4 is 0 Å². The molecule has 3 aliphatic carbocycles. The molecule has 0 amide bonds. The number of alkyl halides is 1.